The summed E-state index contributed by atoms with van der Waals surface area (Å²) in [6, 6.07) is 24.3. The first-order valence-corrected chi connectivity index (χ1v) is 10.6. The van der Waals surface area contributed by atoms with Crippen molar-refractivity contribution in [1.82, 2.24) is 0 Å². The molecule has 6 heteroatoms. The normalized spacial score (nSPS) is 11.5. The number of carbonyl (C=O) groups is 1. The van der Waals surface area contributed by atoms with E-state index in [-0.39, 0.29) is 11.5 Å². The maximum absolute atomic E-state index is 13.1. The first-order valence-electron chi connectivity index (χ1n) is 9.33. The topological polar surface area (TPSA) is 63.8 Å². The number of thioether (sulfide) groups is 1. The van der Waals surface area contributed by atoms with Crippen molar-refractivity contribution >= 4 is 40.0 Å². The van der Waals surface area contributed by atoms with Crippen LogP contribution in [0.15, 0.2) is 93.2 Å². The van der Waals surface area contributed by atoms with E-state index in [2.05, 4.69) is 10.3 Å². The molecule has 150 valence electrons. The Morgan fingerprint density at radius 1 is 1.00 bits per heavy atom. The van der Waals surface area contributed by atoms with E-state index in [9.17, 15) is 4.79 Å². The fourth-order valence-electron chi connectivity index (χ4n) is 2.98. The molecule has 0 aliphatic carbocycles. The summed E-state index contributed by atoms with van der Waals surface area (Å²) in [4.78, 5) is 18.8. The number of para-hydroxylation sites is 1. The van der Waals surface area contributed by atoms with Gasteiger partial charge in [-0.1, -0.05) is 24.3 Å². The Morgan fingerprint density at radius 3 is 2.57 bits per heavy atom. The van der Waals surface area contributed by atoms with Crippen LogP contribution >= 0.6 is 11.8 Å². The molecule has 1 N–H and O–H groups in total. The molecular formula is C24H20N2O3S. The molecule has 0 fully saturated rings. The molecule has 1 heterocycles. The molecule has 0 spiro atoms. The molecule has 5 nitrogen and oxygen atoms in total. The minimum Gasteiger partial charge on any atom is -0.497 e. The molecule has 0 radical (unpaired) electrons. The van der Waals surface area contributed by atoms with Crippen molar-refractivity contribution in [3.8, 4) is 5.75 Å². The number of carbonyl (C=O) groups excluding carboxylic acids is 1. The zero-order valence-corrected chi connectivity index (χ0v) is 17.4. The summed E-state index contributed by atoms with van der Waals surface area (Å²) in [5.41, 5.74) is 2.67. The second-order valence-corrected chi connectivity index (χ2v) is 7.38. The number of fused-ring (bicyclic) bond motifs is 1. The van der Waals surface area contributed by atoms with E-state index in [1.165, 1.54) is 0 Å². The van der Waals surface area contributed by atoms with Crippen LogP contribution in [0.1, 0.15) is 10.4 Å². The predicted molar refractivity (Wildman–Crippen MR) is 121 cm³/mol. The van der Waals surface area contributed by atoms with Crippen LogP contribution in [0.3, 0.4) is 0 Å². The van der Waals surface area contributed by atoms with Gasteiger partial charge in [0.1, 0.15) is 16.9 Å². The molecule has 1 amide bonds. The van der Waals surface area contributed by atoms with Gasteiger partial charge >= 0.3 is 0 Å². The number of amides is 1. The molecule has 0 bridgehead atoms. The molecule has 0 saturated heterocycles. The molecule has 3 aromatic carbocycles. The lowest BCUT2D eigenvalue weighted by molar-refractivity contribution is 0.102. The zero-order valence-electron chi connectivity index (χ0n) is 16.6. The van der Waals surface area contributed by atoms with Crippen LogP contribution in [0.2, 0.25) is 0 Å². The molecule has 1 aromatic heterocycles. The van der Waals surface area contributed by atoms with Gasteiger partial charge in [-0.3, -0.25) is 4.79 Å². The molecule has 0 aliphatic rings. The Labute approximate surface area is 178 Å². The number of ether oxygens (including phenoxy) is 1. The zero-order chi connectivity index (χ0) is 20.9. The van der Waals surface area contributed by atoms with E-state index in [1.54, 1.807) is 49.2 Å². The molecule has 0 aliphatic heterocycles. The standard InChI is InChI=1S/C24H20N2O3S/c1-28-19-12-10-17(11-13-19)25-23(27)21-14-16-6-3-4-9-22(16)29-24(21)26-18-7-5-8-20(15-18)30-2/h3-15H,1-2H3,(H,25,27). The summed E-state index contributed by atoms with van der Waals surface area (Å²) >= 11 is 1.63. The van der Waals surface area contributed by atoms with Gasteiger partial charge in [0.25, 0.3) is 5.91 Å². The fraction of sp³-hybridized carbons (Fsp3) is 0.0833. The van der Waals surface area contributed by atoms with Crippen molar-refractivity contribution in [1.29, 1.82) is 0 Å². The highest BCUT2D eigenvalue weighted by atomic mass is 32.2. The fourth-order valence-corrected chi connectivity index (χ4v) is 3.44. The number of hydrogen-bond acceptors (Lipinski definition) is 5. The average molecular weight is 417 g/mol. The third-order valence-corrected chi connectivity index (χ3v) is 5.26. The quantitative estimate of drug-likeness (QED) is 0.427. The first-order chi connectivity index (χ1) is 14.7. The van der Waals surface area contributed by atoms with Crippen molar-refractivity contribution in [2.45, 2.75) is 4.90 Å². The Morgan fingerprint density at radius 2 is 1.80 bits per heavy atom. The predicted octanol–water partition coefficient (Wildman–Crippen LogP) is 5.65. The van der Waals surface area contributed by atoms with Crippen LogP contribution in [0, 0.1) is 0 Å². The van der Waals surface area contributed by atoms with E-state index in [4.69, 9.17) is 9.15 Å². The van der Waals surface area contributed by atoms with Crippen LogP contribution in [-0.2, 0) is 0 Å². The summed E-state index contributed by atoms with van der Waals surface area (Å²) in [6.07, 6.45) is 2.01. The minimum absolute atomic E-state index is 0.262. The van der Waals surface area contributed by atoms with E-state index in [0.717, 1.165) is 21.7 Å². The van der Waals surface area contributed by atoms with Crippen molar-refractivity contribution in [2.75, 3.05) is 18.7 Å². The molecule has 0 atom stereocenters. The second kappa shape index (κ2) is 8.88. The van der Waals surface area contributed by atoms with E-state index in [1.807, 2.05) is 54.8 Å². The number of methoxy groups -OCH3 is 1. The Balaban J connectivity index is 1.79. The van der Waals surface area contributed by atoms with Gasteiger partial charge in [0.05, 0.1) is 12.8 Å². The number of nitrogens with one attached hydrogen (secondary N) is 1. The van der Waals surface area contributed by atoms with Gasteiger partial charge in [-0.15, -0.1) is 11.8 Å². The summed E-state index contributed by atoms with van der Waals surface area (Å²) in [5, 5.41) is 3.73. The van der Waals surface area contributed by atoms with Crippen molar-refractivity contribution < 1.29 is 13.9 Å². The Kier molecular flexibility index (Phi) is 5.86. The van der Waals surface area contributed by atoms with Crippen LogP contribution in [0.5, 0.6) is 5.75 Å². The largest absolute Gasteiger partial charge is 0.497 e. The first kappa shape index (κ1) is 19.8. The van der Waals surface area contributed by atoms with E-state index in [0.29, 0.717) is 16.8 Å². The van der Waals surface area contributed by atoms with Gasteiger partial charge in [0.15, 0.2) is 0 Å². The third kappa shape index (κ3) is 4.39. The Bertz CT molecular complexity index is 1260. The van der Waals surface area contributed by atoms with E-state index < -0.39 is 0 Å². The molecule has 4 aromatic rings. The third-order valence-electron chi connectivity index (χ3n) is 4.53. The van der Waals surface area contributed by atoms with Crippen LogP contribution < -0.4 is 15.6 Å². The Hall–Kier alpha value is -3.51. The summed E-state index contributed by atoms with van der Waals surface area (Å²) in [6.45, 7) is 0. The van der Waals surface area contributed by atoms with Gasteiger partial charge in [-0.05, 0) is 60.9 Å². The number of nitrogens with zero attached hydrogens (tertiary/aromatic N) is 1. The highest BCUT2D eigenvalue weighted by Crippen LogP contribution is 2.22. The molecule has 4 rings (SSSR count). The van der Waals surface area contributed by atoms with E-state index >= 15 is 0 Å². The van der Waals surface area contributed by atoms with Crippen LogP contribution in [0.25, 0.3) is 11.0 Å². The lowest BCUT2D eigenvalue weighted by Gasteiger charge is -2.08. The monoisotopic (exact) mass is 416 g/mol. The SMILES string of the molecule is COc1ccc(NC(=O)c2cc3ccccc3oc2=Nc2cccc(SC)c2)cc1. The number of benzene rings is 3. The average Bonchev–Trinajstić information content (AvgIpc) is 2.79. The number of hydrogen-bond donors (Lipinski definition) is 1. The summed E-state index contributed by atoms with van der Waals surface area (Å²) in [7, 11) is 1.60. The molecular weight excluding hydrogens is 396 g/mol. The van der Waals surface area contributed by atoms with Gasteiger partial charge in [-0.25, -0.2) is 4.99 Å². The second-order valence-electron chi connectivity index (χ2n) is 6.50. The molecule has 30 heavy (non-hydrogen) atoms. The summed E-state index contributed by atoms with van der Waals surface area (Å²) < 4.78 is 11.2. The number of anilines is 1. The lowest BCUT2D eigenvalue weighted by Crippen LogP contribution is -2.21. The van der Waals surface area contributed by atoms with Gasteiger partial charge in [0, 0.05) is 16.0 Å². The molecule has 0 saturated carbocycles. The lowest BCUT2D eigenvalue weighted by atomic mass is 10.1. The van der Waals surface area contributed by atoms with Gasteiger partial charge < -0.3 is 14.5 Å². The maximum Gasteiger partial charge on any atom is 0.261 e. The van der Waals surface area contributed by atoms with Crippen molar-refractivity contribution in [2.24, 2.45) is 4.99 Å². The highest BCUT2D eigenvalue weighted by molar-refractivity contribution is 7.98. The van der Waals surface area contributed by atoms with Crippen LogP contribution in [0.4, 0.5) is 11.4 Å². The highest BCUT2D eigenvalue weighted by Gasteiger charge is 2.13. The summed E-state index contributed by atoms with van der Waals surface area (Å²) in [5.74, 6) is 0.424. The van der Waals surface area contributed by atoms with Crippen LogP contribution in [-0.4, -0.2) is 19.3 Å². The minimum atomic E-state index is -0.297. The van der Waals surface area contributed by atoms with Gasteiger partial charge in [-0.2, -0.15) is 0 Å². The van der Waals surface area contributed by atoms with Gasteiger partial charge in [0.2, 0.25) is 5.55 Å². The number of rotatable bonds is 5. The molecule has 0 unspecified atom stereocenters. The van der Waals surface area contributed by atoms with Crippen molar-refractivity contribution in [3.63, 3.8) is 0 Å². The maximum atomic E-state index is 13.1. The van der Waals surface area contributed by atoms with Crippen molar-refractivity contribution in [3.05, 3.63) is 90.0 Å². The smallest absolute Gasteiger partial charge is 0.261 e.